The van der Waals surface area contributed by atoms with E-state index in [1.54, 1.807) is 15.8 Å². The van der Waals surface area contributed by atoms with Gasteiger partial charge < -0.3 is 14.4 Å². The van der Waals surface area contributed by atoms with Gasteiger partial charge in [0.1, 0.15) is 13.2 Å². The highest BCUT2D eigenvalue weighted by atomic mass is 16.6. The second-order valence-corrected chi connectivity index (χ2v) is 5.34. The van der Waals surface area contributed by atoms with Crippen LogP contribution < -0.4 is 14.4 Å². The van der Waals surface area contributed by atoms with Gasteiger partial charge in [0.2, 0.25) is 0 Å². The first-order valence-corrected chi connectivity index (χ1v) is 7.41. The first kappa shape index (κ1) is 15.1. The van der Waals surface area contributed by atoms with E-state index in [1.807, 2.05) is 32.2 Å². The van der Waals surface area contributed by atoms with Gasteiger partial charge in [0.25, 0.3) is 5.91 Å². The minimum Gasteiger partial charge on any atom is -0.486 e. The number of rotatable bonds is 4. The van der Waals surface area contributed by atoms with Gasteiger partial charge in [-0.2, -0.15) is 5.10 Å². The number of anilines is 1. The van der Waals surface area contributed by atoms with E-state index in [4.69, 9.17) is 9.47 Å². The summed E-state index contributed by atoms with van der Waals surface area (Å²) >= 11 is 0. The topological polar surface area (TPSA) is 56.6 Å². The normalized spacial score (nSPS) is 12.8. The number of amides is 1. The molecule has 6 heteroatoms. The van der Waals surface area contributed by atoms with Gasteiger partial charge in [0, 0.05) is 30.1 Å². The van der Waals surface area contributed by atoms with Crippen molar-refractivity contribution >= 4 is 11.6 Å². The van der Waals surface area contributed by atoms with Crippen LogP contribution in [0.3, 0.4) is 0 Å². The molecule has 2 aromatic rings. The quantitative estimate of drug-likeness (QED) is 0.812. The second-order valence-electron chi connectivity index (χ2n) is 5.34. The second kappa shape index (κ2) is 6.16. The highest BCUT2D eigenvalue weighted by Crippen LogP contribution is 2.34. The molecule has 1 aromatic carbocycles. The van der Waals surface area contributed by atoms with Crippen LogP contribution in [-0.4, -0.2) is 28.9 Å². The molecule has 1 amide bonds. The molecule has 6 nitrogen and oxygen atoms in total. The van der Waals surface area contributed by atoms with E-state index in [0.29, 0.717) is 31.3 Å². The molecule has 0 aliphatic carbocycles. The van der Waals surface area contributed by atoms with E-state index in [-0.39, 0.29) is 5.91 Å². The van der Waals surface area contributed by atoms with Crippen molar-refractivity contribution in [3.05, 3.63) is 48.3 Å². The number of carbonyl (C=O) groups is 1. The number of carbonyl (C=O) groups excluding carboxylic acids is 1. The summed E-state index contributed by atoms with van der Waals surface area (Å²) < 4.78 is 12.9. The summed E-state index contributed by atoms with van der Waals surface area (Å²) in [5.74, 6) is 1.17. The first-order chi connectivity index (χ1) is 11.1. The number of nitrogens with zero attached hydrogens (tertiary/aromatic N) is 3. The lowest BCUT2D eigenvalue weighted by Gasteiger charge is -2.24. The molecule has 3 rings (SSSR count). The molecule has 0 bridgehead atoms. The van der Waals surface area contributed by atoms with Gasteiger partial charge in [-0.1, -0.05) is 6.58 Å². The molecule has 1 aliphatic rings. The van der Waals surface area contributed by atoms with Crippen LogP contribution in [-0.2, 0) is 18.4 Å². The predicted molar refractivity (Wildman–Crippen MR) is 86.8 cm³/mol. The van der Waals surface area contributed by atoms with E-state index in [0.717, 1.165) is 16.9 Å². The van der Waals surface area contributed by atoms with E-state index >= 15 is 0 Å². The maximum Gasteiger partial charge on any atom is 0.250 e. The van der Waals surface area contributed by atoms with Crippen LogP contribution >= 0.6 is 0 Å². The Bertz CT molecular complexity index is 752. The Morgan fingerprint density at radius 2 is 2.13 bits per heavy atom. The molecule has 0 saturated heterocycles. The zero-order valence-corrected chi connectivity index (χ0v) is 13.3. The molecule has 0 fully saturated rings. The molecular weight excluding hydrogens is 294 g/mol. The summed E-state index contributed by atoms with van der Waals surface area (Å²) in [6.07, 6.45) is 3.08. The fourth-order valence-electron chi connectivity index (χ4n) is 2.48. The summed E-state index contributed by atoms with van der Waals surface area (Å²) in [7, 11) is 1.88. The van der Waals surface area contributed by atoms with Gasteiger partial charge in [0.05, 0.1) is 12.7 Å². The zero-order valence-electron chi connectivity index (χ0n) is 13.3. The predicted octanol–water partition coefficient (Wildman–Crippen LogP) is 2.22. The Kier molecular flexibility index (Phi) is 4.06. The van der Waals surface area contributed by atoms with Gasteiger partial charge in [0.15, 0.2) is 11.5 Å². The Balaban J connectivity index is 1.94. The fraction of sp³-hybridized carbons (Fsp3) is 0.294. The number of aryl methyl sites for hydroxylation is 1. The highest BCUT2D eigenvalue weighted by Gasteiger charge is 2.19. The zero-order chi connectivity index (χ0) is 16.4. The summed E-state index contributed by atoms with van der Waals surface area (Å²) in [4.78, 5) is 14.0. The third-order valence-corrected chi connectivity index (χ3v) is 3.94. The molecule has 1 aliphatic heterocycles. The lowest BCUT2D eigenvalue weighted by atomic mass is 10.2. The lowest BCUT2D eigenvalue weighted by Crippen LogP contribution is -2.29. The monoisotopic (exact) mass is 313 g/mol. The third kappa shape index (κ3) is 2.92. The van der Waals surface area contributed by atoms with Crippen molar-refractivity contribution < 1.29 is 14.3 Å². The van der Waals surface area contributed by atoms with Crippen LogP contribution in [0, 0.1) is 6.92 Å². The number of aromatic nitrogens is 2. The van der Waals surface area contributed by atoms with Gasteiger partial charge in [-0.15, -0.1) is 0 Å². The Hall–Kier alpha value is -2.76. The molecule has 0 unspecified atom stereocenters. The van der Waals surface area contributed by atoms with Gasteiger partial charge in [-0.05, 0) is 25.1 Å². The largest absolute Gasteiger partial charge is 0.486 e. The van der Waals surface area contributed by atoms with Crippen molar-refractivity contribution in [3.8, 4) is 11.5 Å². The Morgan fingerprint density at radius 1 is 1.39 bits per heavy atom. The van der Waals surface area contributed by atoms with Gasteiger partial charge in [-0.3, -0.25) is 9.48 Å². The van der Waals surface area contributed by atoms with Crippen molar-refractivity contribution in [3.63, 3.8) is 0 Å². The summed E-state index contributed by atoms with van der Waals surface area (Å²) in [6.45, 7) is 7.04. The number of ether oxygens (including phenoxy) is 2. The summed E-state index contributed by atoms with van der Waals surface area (Å²) in [5.41, 5.74) is 2.74. The van der Waals surface area contributed by atoms with E-state index in [9.17, 15) is 4.79 Å². The number of hydrogen-bond acceptors (Lipinski definition) is 4. The molecule has 120 valence electrons. The summed E-state index contributed by atoms with van der Waals surface area (Å²) in [6, 6.07) is 5.49. The van der Waals surface area contributed by atoms with Crippen LogP contribution in [0.4, 0.5) is 5.69 Å². The van der Waals surface area contributed by atoms with Crippen LogP contribution in [0.15, 0.2) is 37.1 Å². The average Bonchev–Trinajstić information content (AvgIpc) is 2.90. The molecule has 0 saturated carbocycles. The van der Waals surface area contributed by atoms with Crippen LogP contribution in [0.1, 0.15) is 11.3 Å². The van der Waals surface area contributed by atoms with Gasteiger partial charge >= 0.3 is 0 Å². The van der Waals surface area contributed by atoms with Crippen molar-refractivity contribution in [1.82, 2.24) is 9.78 Å². The van der Waals surface area contributed by atoms with Crippen LogP contribution in [0.2, 0.25) is 0 Å². The molecule has 23 heavy (non-hydrogen) atoms. The molecule has 2 heterocycles. The minimum absolute atomic E-state index is 0.176. The van der Waals surface area contributed by atoms with Crippen LogP contribution in [0.25, 0.3) is 0 Å². The standard InChI is InChI=1S/C17H19N3O3/c1-4-17(21)20(11-13-10-18-19(3)12(13)2)14-5-6-15-16(9-14)23-8-7-22-15/h4-6,9-10H,1,7-8,11H2,2-3H3. The lowest BCUT2D eigenvalue weighted by molar-refractivity contribution is -0.114. The van der Waals surface area contributed by atoms with Gasteiger partial charge in [-0.25, -0.2) is 0 Å². The van der Waals surface area contributed by atoms with Crippen molar-refractivity contribution in [2.45, 2.75) is 13.5 Å². The van der Waals surface area contributed by atoms with E-state index in [1.165, 1.54) is 6.08 Å². The average molecular weight is 313 g/mol. The SMILES string of the molecule is C=CC(=O)N(Cc1cnn(C)c1C)c1ccc2c(c1)OCCO2. The van der Waals surface area contributed by atoms with Crippen molar-refractivity contribution in [1.29, 1.82) is 0 Å². The fourth-order valence-corrected chi connectivity index (χ4v) is 2.48. The van der Waals surface area contributed by atoms with Crippen LogP contribution in [0.5, 0.6) is 11.5 Å². The summed E-state index contributed by atoms with van der Waals surface area (Å²) in [5, 5.41) is 4.23. The first-order valence-electron chi connectivity index (χ1n) is 7.41. The third-order valence-electron chi connectivity index (χ3n) is 3.94. The van der Waals surface area contributed by atoms with E-state index < -0.39 is 0 Å². The minimum atomic E-state index is -0.176. The maximum absolute atomic E-state index is 12.3. The van der Waals surface area contributed by atoms with Crippen molar-refractivity contribution in [2.75, 3.05) is 18.1 Å². The molecule has 0 spiro atoms. The molecule has 0 radical (unpaired) electrons. The Morgan fingerprint density at radius 3 is 2.78 bits per heavy atom. The van der Waals surface area contributed by atoms with Crippen molar-refractivity contribution in [2.24, 2.45) is 7.05 Å². The maximum atomic E-state index is 12.3. The smallest absolute Gasteiger partial charge is 0.250 e. The van der Waals surface area contributed by atoms with E-state index in [2.05, 4.69) is 11.7 Å². The molecule has 0 atom stereocenters. The Labute approximate surface area is 134 Å². The molecular formula is C17H19N3O3. The number of benzene rings is 1. The number of fused-ring (bicyclic) bond motifs is 1. The molecule has 1 aromatic heterocycles. The number of hydrogen-bond donors (Lipinski definition) is 0. The highest BCUT2D eigenvalue weighted by molar-refractivity contribution is 6.01. The molecule has 0 N–H and O–H groups in total.